The summed E-state index contributed by atoms with van der Waals surface area (Å²) < 4.78 is 10.4. The Bertz CT molecular complexity index is 908. The lowest BCUT2D eigenvalue weighted by atomic mass is 9.95. The van der Waals surface area contributed by atoms with Gasteiger partial charge in [-0.1, -0.05) is 60.7 Å². The molecule has 3 rings (SSSR count). The zero-order valence-electron chi connectivity index (χ0n) is 15.8. The van der Waals surface area contributed by atoms with Gasteiger partial charge in [-0.2, -0.15) is 0 Å². The number of rotatable bonds is 6. The van der Waals surface area contributed by atoms with Crippen molar-refractivity contribution in [1.29, 1.82) is 0 Å². The van der Waals surface area contributed by atoms with E-state index in [1.807, 2.05) is 60.7 Å². The second kappa shape index (κ2) is 8.95. The van der Waals surface area contributed by atoms with Gasteiger partial charge in [-0.05, 0) is 25.5 Å². The molecule has 0 bridgehead atoms. The highest BCUT2D eigenvalue weighted by Gasteiger charge is 2.24. The molecule has 0 saturated carbocycles. The fourth-order valence-corrected chi connectivity index (χ4v) is 2.91. The van der Waals surface area contributed by atoms with Crippen molar-refractivity contribution in [1.82, 2.24) is 4.98 Å². The first-order valence-corrected chi connectivity index (χ1v) is 9.15. The van der Waals surface area contributed by atoms with E-state index in [2.05, 4.69) is 4.98 Å². The molecule has 5 nitrogen and oxygen atoms in total. The van der Waals surface area contributed by atoms with Crippen LogP contribution in [0.3, 0.4) is 0 Å². The molecule has 0 spiro atoms. The van der Waals surface area contributed by atoms with Crippen molar-refractivity contribution in [3.63, 3.8) is 0 Å². The first-order valence-electron chi connectivity index (χ1n) is 9.15. The molecule has 0 atom stereocenters. The Morgan fingerprint density at radius 2 is 1.32 bits per heavy atom. The highest BCUT2D eigenvalue weighted by atomic mass is 16.5. The summed E-state index contributed by atoms with van der Waals surface area (Å²) in [5, 5.41) is 0. The Morgan fingerprint density at radius 3 is 1.89 bits per heavy atom. The molecule has 0 radical (unpaired) electrons. The quantitative estimate of drug-likeness (QED) is 0.581. The van der Waals surface area contributed by atoms with Gasteiger partial charge in [0.15, 0.2) is 0 Å². The number of pyridine rings is 1. The maximum Gasteiger partial charge on any atom is 0.356 e. The number of esters is 2. The monoisotopic (exact) mass is 375 g/mol. The van der Waals surface area contributed by atoms with Crippen LogP contribution in [-0.2, 0) is 9.47 Å². The molecule has 0 aliphatic heterocycles. The molecule has 28 heavy (non-hydrogen) atoms. The van der Waals surface area contributed by atoms with Gasteiger partial charge in [0.25, 0.3) is 0 Å². The predicted molar refractivity (Wildman–Crippen MR) is 107 cm³/mol. The van der Waals surface area contributed by atoms with Crippen LogP contribution >= 0.6 is 0 Å². The number of nitrogens with zero attached hydrogens (tertiary/aromatic N) is 1. The average molecular weight is 375 g/mol. The zero-order valence-corrected chi connectivity index (χ0v) is 15.8. The minimum absolute atomic E-state index is 0.146. The summed E-state index contributed by atoms with van der Waals surface area (Å²) in [7, 11) is 0. The van der Waals surface area contributed by atoms with Crippen LogP contribution in [0.1, 0.15) is 34.7 Å². The van der Waals surface area contributed by atoms with Crippen LogP contribution in [0, 0.1) is 0 Å². The van der Waals surface area contributed by atoms with Gasteiger partial charge in [-0.25, -0.2) is 14.6 Å². The lowest BCUT2D eigenvalue weighted by molar-refractivity contribution is 0.0507. The van der Waals surface area contributed by atoms with Crippen LogP contribution in [0.15, 0.2) is 66.7 Å². The van der Waals surface area contributed by atoms with Crippen molar-refractivity contribution < 1.29 is 19.1 Å². The minimum Gasteiger partial charge on any atom is -0.462 e. The zero-order chi connectivity index (χ0) is 19.9. The van der Waals surface area contributed by atoms with Crippen molar-refractivity contribution in [3.8, 4) is 22.4 Å². The molecular formula is C23H21NO4. The lowest BCUT2D eigenvalue weighted by Crippen LogP contribution is -2.14. The summed E-state index contributed by atoms with van der Waals surface area (Å²) in [5.74, 6) is -1.02. The molecule has 1 heterocycles. The fourth-order valence-electron chi connectivity index (χ4n) is 2.91. The van der Waals surface area contributed by atoms with Crippen molar-refractivity contribution >= 4 is 11.9 Å². The number of aromatic nitrogens is 1. The van der Waals surface area contributed by atoms with Crippen LogP contribution in [0.25, 0.3) is 22.4 Å². The Balaban J connectivity index is 2.32. The van der Waals surface area contributed by atoms with Crippen molar-refractivity contribution in [3.05, 3.63) is 78.0 Å². The molecule has 0 fully saturated rings. The van der Waals surface area contributed by atoms with E-state index in [1.165, 1.54) is 0 Å². The van der Waals surface area contributed by atoms with E-state index in [-0.39, 0.29) is 18.9 Å². The summed E-state index contributed by atoms with van der Waals surface area (Å²) in [5.41, 5.74) is 2.95. The van der Waals surface area contributed by atoms with E-state index in [0.717, 1.165) is 5.56 Å². The summed E-state index contributed by atoms with van der Waals surface area (Å²) in [6, 6.07) is 20.2. The summed E-state index contributed by atoms with van der Waals surface area (Å²) >= 11 is 0. The van der Waals surface area contributed by atoms with Gasteiger partial charge in [0, 0.05) is 11.1 Å². The third kappa shape index (κ3) is 4.09. The summed E-state index contributed by atoms with van der Waals surface area (Å²) in [6.45, 7) is 3.96. The summed E-state index contributed by atoms with van der Waals surface area (Å²) in [4.78, 5) is 29.8. The second-order valence-corrected chi connectivity index (χ2v) is 5.95. The highest BCUT2D eigenvalue weighted by Crippen LogP contribution is 2.33. The van der Waals surface area contributed by atoms with E-state index in [9.17, 15) is 9.59 Å². The number of carbonyl (C=O) groups excluding carboxylic acids is 2. The van der Waals surface area contributed by atoms with Gasteiger partial charge >= 0.3 is 11.9 Å². The summed E-state index contributed by atoms with van der Waals surface area (Å²) in [6.07, 6.45) is 0. The minimum atomic E-state index is -0.535. The molecule has 2 aromatic carbocycles. The van der Waals surface area contributed by atoms with Crippen LogP contribution in [0.4, 0.5) is 0 Å². The fraction of sp³-hybridized carbons (Fsp3) is 0.174. The van der Waals surface area contributed by atoms with E-state index in [4.69, 9.17) is 9.47 Å². The molecule has 0 saturated heterocycles. The maximum atomic E-state index is 12.9. The van der Waals surface area contributed by atoms with Crippen LogP contribution < -0.4 is 0 Å². The molecule has 3 aromatic rings. The van der Waals surface area contributed by atoms with Crippen molar-refractivity contribution in [2.75, 3.05) is 13.2 Å². The number of hydrogen-bond donors (Lipinski definition) is 0. The Labute approximate surface area is 164 Å². The van der Waals surface area contributed by atoms with E-state index in [0.29, 0.717) is 22.4 Å². The number of ether oxygens (including phenoxy) is 2. The predicted octanol–water partition coefficient (Wildman–Crippen LogP) is 4.77. The normalized spacial score (nSPS) is 10.4. The van der Waals surface area contributed by atoms with Crippen LogP contribution in [0.5, 0.6) is 0 Å². The number of carbonyl (C=O) groups is 2. The molecule has 0 aliphatic rings. The SMILES string of the molecule is CCOC(=O)c1cc(-c2ccccc2)c(C(=O)OCC)c(-c2ccccc2)n1. The molecular weight excluding hydrogens is 354 g/mol. The topological polar surface area (TPSA) is 65.5 Å². The van der Waals surface area contributed by atoms with Crippen molar-refractivity contribution in [2.45, 2.75) is 13.8 Å². The Morgan fingerprint density at radius 1 is 0.786 bits per heavy atom. The van der Waals surface area contributed by atoms with Gasteiger partial charge in [-0.15, -0.1) is 0 Å². The van der Waals surface area contributed by atoms with E-state index >= 15 is 0 Å². The van der Waals surface area contributed by atoms with Gasteiger partial charge in [0.05, 0.1) is 24.5 Å². The van der Waals surface area contributed by atoms with Crippen molar-refractivity contribution in [2.24, 2.45) is 0 Å². The van der Waals surface area contributed by atoms with Gasteiger partial charge in [-0.3, -0.25) is 0 Å². The third-order valence-corrected chi connectivity index (χ3v) is 4.12. The number of hydrogen-bond acceptors (Lipinski definition) is 5. The lowest BCUT2D eigenvalue weighted by Gasteiger charge is -2.15. The average Bonchev–Trinajstić information content (AvgIpc) is 2.74. The molecule has 0 amide bonds. The third-order valence-electron chi connectivity index (χ3n) is 4.12. The first-order chi connectivity index (χ1) is 13.7. The van der Waals surface area contributed by atoms with Gasteiger partial charge in [0.1, 0.15) is 5.69 Å². The Hall–Kier alpha value is -3.47. The standard InChI is InChI=1S/C23H21NO4/c1-3-27-22(25)19-15-18(16-11-7-5-8-12-16)20(23(26)28-4-2)21(24-19)17-13-9-6-10-14-17/h5-15H,3-4H2,1-2H3. The Kier molecular flexibility index (Phi) is 6.17. The second-order valence-electron chi connectivity index (χ2n) is 5.95. The van der Waals surface area contributed by atoms with Crippen LogP contribution in [0.2, 0.25) is 0 Å². The van der Waals surface area contributed by atoms with Gasteiger partial charge in [0.2, 0.25) is 0 Å². The smallest absolute Gasteiger partial charge is 0.356 e. The molecule has 142 valence electrons. The number of benzene rings is 2. The molecule has 0 aliphatic carbocycles. The molecule has 0 N–H and O–H groups in total. The van der Waals surface area contributed by atoms with E-state index < -0.39 is 11.9 Å². The van der Waals surface area contributed by atoms with Crippen LogP contribution in [-0.4, -0.2) is 30.1 Å². The molecule has 1 aromatic heterocycles. The largest absolute Gasteiger partial charge is 0.462 e. The molecule has 5 heteroatoms. The van der Waals surface area contributed by atoms with E-state index in [1.54, 1.807) is 19.9 Å². The first kappa shape index (κ1) is 19.3. The molecule has 0 unspecified atom stereocenters. The highest BCUT2D eigenvalue weighted by molar-refractivity contribution is 6.05. The maximum absolute atomic E-state index is 12.9. The van der Waals surface area contributed by atoms with Gasteiger partial charge < -0.3 is 9.47 Å².